The molecule has 1 aromatic carbocycles. The summed E-state index contributed by atoms with van der Waals surface area (Å²) >= 11 is 6.04. The number of aryl methyl sites for hydroxylation is 1. The molecule has 0 spiro atoms. The van der Waals surface area contributed by atoms with Gasteiger partial charge in [-0.2, -0.15) is 4.98 Å². The Balaban J connectivity index is 1.52. The molecule has 1 fully saturated rings. The fourth-order valence-corrected chi connectivity index (χ4v) is 3.93. The lowest BCUT2D eigenvalue weighted by Crippen LogP contribution is -2.40. The predicted molar refractivity (Wildman–Crippen MR) is 127 cm³/mol. The third kappa shape index (κ3) is 5.55. The summed E-state index contributed by atoms with van der Waals surface area (Å²) in [6, 6.07) is 3.26. The molecule has 0 bridgehead atoms. The minimum absolute atomic E-state index is 0.0157. The highest BCUT2D eigenvalue weighted by Crippen LogP contribution is 2.32. The van der Waals surface area contributed by atoms with E-state index < -0.39 is 5.82 Å². The Morgan fingerprint density at radius 2 is 2.03 bits per heavy atom. The largest absolute Gasteiger partial charge is 0.506 e. The van der Waals surface area contributed by atoms with E-state index in [0.29, 0.717) is 17.7 Å². The lowest BCUT2D eigenvalue weighted by Gasteiger charge is -2.28. The quantitative estimate of drug-likeness (QED) is 0.468. The SMILES string of the molecule is COC1=CC=C(Nc2nc(Nc3cc(C)c(O)c(Cl)c3)ncc2F)CC1=CN1CCNCC1. The highest BCUT2D eigenvalue weighted by atomic mass is 35.5. The Hall–Kier alpha value is -3.30. The number of methoxy groups -OCH3 is 1. The first-order valence-electron chi connectivity index (χ1n) is 10.6. The van der Waals surface area contributed by atoms with Gasteiger partial charge in [-0.3, -0.25) is 0 Å². The highest BCUT2D eigenvalue weighted by molar-refractivity contribution is 6.32. The topological polar surface area (TPSA) is 94.6 Å². The normalized spacial score (nSPS) is 17.5. The number of nitrogens with one attached hydrogen (secondary N) is 3. The minimum atomic E-state index is -0.574. The number of phenolic OH excluding ortho intramolecular Hbond substituents is 1. The molecule has 4 N–H and O–H groups in total. The van der Waals surface area contributed by atoms with E-state index in [-0.39, 0.29) is 22.5 Å². The van der Waals surface area contributed by atoms with E-state index in [1.54, 1.807) is 26.2 Å². The summed E-state index contributed by atoms with van der Waals surface area (Å²) in [5, 5.41) is 19.5. The van der Waals surface area contributed by atoms with Crippen molar-refractivity contribution in [2.75, 3.05) is 43.9 Å². The number of hydrogen-bond donors (Lipinski definition) is 4. The van der Waals surface area contributed by atoms with E-state index >= 15 is 0 Å². The zero-order valence-electron chi connectivity index (χ0n) is 18.5. The van der Waals surface area contributed by atoms with Crippen LogP contribution in [0, 0.1) is 12.7 Å². The van der Waals surface area contributed by atoms with Gasteiger partial charge in [0.1, 0.15) is 11.5 Å². The summed E-state index contributed by atoms with van der Waals surface area (Å²) in [6.45, 7) is 5.44. The molecule has 2 aromatic rings. The second-order valence-corrected chi connectivity index (χ2v) is 8.21. The highest BCUT2D eigenvalue weighted by Gasteiger charge is 2.18. The summed E-state index contributed by atoms with van der Waals surface area (Å²) in [6.07, 6.45) is 7.46. The summed E-state index contributed by atoms with van der Waals surface area (Å²) < 4.78 is 20.0. The van der Waals surface area contributed by atoms with Crippen molar-refractivity contribution in [3.8, 4) is 5.75 Å². The summed E-state index contributed by atoms with van der Waals surface area (Å²) in [4.78, 5) is 10.5. The maximum atomic E-state index is 14.5. The monoisotopic (exact) mass is 472 g/mol. The summed E-state index contributed by atoms with van der Waals surface area (Å²) in [5.74, 6) is 0.471. The standard InChI is InChI=1S/C23H26ClFN6O2/c1-14-9-17(11-18(24)21(14)32)29-23-27-12-19(25)22(30-23)28-16-3-4-20(33-2)15(10-16)13-31-7-5-26-6-8-31/h3-4,9,11-13,26,32H,5-8,10H2,1-2H3,(H2,27,28,29,30). The Morgan fingerprint density at radius 1 is 1.24 bits per heavy atom. The number of aromatic nitrogens is 2. The molecule has 1 aromatic heterocycles. The van der Waals surface area contributed by atoms with Gasteiger partial charge in [0.15, 0.2) is 11.6 Å². The van der Waals surface area contributed by atoms with Crippen LogP contribution in [-0.4, -0.2) is 53.3 Å². The number of nitrogens with zero attached hydrogens (tertiary/aromatic N) is 3. The Bertz CT molecular complexity index is 1100. The van der Waals surface area contributed by atoms with E-state index in [1.165, 1.54) is 0 Å². The number of aromatic hydroxyl groups is 1. The number of piperazine rings is 1. The van der Waals surface area contributed by atoms with Gasteiger partial charge in [-0.15, -0.1) is 0 Å². The molecule has 2 heterocycles. The van der Waals surface area contributed by atoms with Gasteiger partial charge < -0.3 is 30.7 Å². The molecule has 0 amide bonds. The van der Waals surface area contributed by atoms with Gasteiger partial charge in [0, 0.05) is 55.8 Å². The van der Waals surface area contributed by atoms with Gasteiger partial charge in [0.2, 0.25) is 5.95 Å². The van der Waals surface area contributed by atoms with Crippen molar-refractivity contribution in [3.63, 3.8) is 0 Å². The number of hydrogen-bond acceptors (Lipinski definition) is 8. The van der Waals surface area contributed by atoms with Crippen molar-refractivity contribution in [3.05, 3.63) is 70.1 Å². The number of rotatable bonds is 6. The molecular weight excluding hydrogens is 447 g/mol. The van der Waals surface area contributed by atoms with Crippen LogP contribution in [0.1, 0.15) is 12.0 Å². The zero-order valence-corrected chi connectivity index (χ0v) is 19.2. The second kappa shape index (κ2) is 10.1. The second-order valence-electron chi connectivity index (χ2n) is 7.81. The molecule has 4 rings (SSSR count). The van der Waals surface area contributed by atoms with Crippen LogP contribution in [-0.2, 0) is 4.74 Å². The average molecular weight is 473 g/mol. The van der Waals surface area contributed by atoms with Crippen LogP contribution in [0.25, 0.3) is 0 Å². The van der Waals surface area contributed by atoms with Crippen molar-refractivity contribution in [2.24, 2.45) is 0 Å². The predicted octanol–water partition coefficient (Wildman–Crippen LogP) is 4.05. The molecule has 10 heteroatoms. The maximum absolute atomic E-state index is 14.5. The van der Waals surface area contributed by atoms with Gasteiger partial charge in [0.05, 0.1) is 18.3 Å². The zero-order chi connectivity index (χ0) is 23.4. The van der Waals surface area contributed by atoms with E-state index in [1.807, 2.05) is 12.2 Å². The molecule has 2 aliphatic rings. The molecule has 0 radical (unpaired) electrons. The van der Waals surface area contributed by atoms with E-state index in [9.17, 15) is 9.50 Å². The fourth-order valence-electron chi connectivity index (χ4n) is 3.67. The van der Waals surface area contributed by atoms with Crippen molar-refractivity contribution in [1.29, 1.82) is 0 Å². The molecule has 1 saturated heterocycles. The molecule has 1 aliphatic heterocycles. The van der Waals surface area contributed by atoms with Gasteiger partial charge >= 0.3 is 0 Å². The smallest absolute Gasteiger partial charge is 0.229 e. The van der Waals surface area contributed by atoms with Crippen molar-refractivity contribution >= 4 is 29.1 Å². The summed E-state index contributed by atoms with van der Waals surface area (Å²) in [7, 11) is 1.64. The first-order chi connectivity index (χ1) is 15.9. The molecule has 33 heavy (non-hydrogen) atoms. The van der Waals surface area contributed by atoms with Gasteiger partial charge in [-0.1, -0.05) is 11.6 Å². The maximum Gasteiger partial charge on any atom is 0.229 e. The third-order valence-electron chi connectivity index (χ3n) is 5.38. The number of phenols is 1. The molecular formula is C23H26ClFN6O2. The Labute approximate surface area is 196 Å². The van der Waals surface area contributed by atoms with E-state index in [4.69, 9.17) is 16.3 Å². The molecule has 0 saturated carbocycles. The molecule has 0 atom stereocenters. The number of anilines is 3. The van der Waals surface area contributed by atoms with Crippen molar-refractivity contribution in [2.45, 2.75) is 13.3 Å². The molecule has 1 aliphatic carbocycles. The van der Waals surface area contributed by atoms with Crippen molar-refractivity contribution in [1.82, 2.24) is 20.2 Å². The Morgan fingerprint density at radius 3 is 2.76 bits per heavy atom. The first-order valence-corrected chi connectivity index (χ1v) is 11.0. The van der Waals surface area contributed by atoms with Crippen molar-refractivity contribution < 1.29 is 14.2 Å². The first kappa shape index (κ1) is 22.9. The van der Waals surface area contributed by atoms with Crippen LogP contribution in [0.15, 0.2) is 53.7 Å². The summed E-state index contributed by atoms with van der Waals surface area (Å²) in [5.41, 5.74) is 2.97. The van der Waals surface area contributed by atoms with E-state index in [0.717, 1.165) is 49.4 Å². The van der Waals surface area contributed by atoms with Crippen LogP contribution >= 0.6 is 11.6 Å². The number of ether oxygens (including phenoxy) is 1. The van der Waals surface area contributed by atoms with Gasteiger partial charge in [-0.25, -0.2) is 9.37 Å². The lowest BCUT2D eigenvalue weighted by atomic mass is 10.0. The third-order valence-corrected chi connectivity index (χ3v) is 5.66. The fraction of sp³-hybridized carbons (Fsp3) is 0.304. The van der Waals surface area contributed by atoms with Gasteiger partial charge in [-0.05, 0) is 36.8 Å². The van der Waals surface area contributed by atoms with Crippen LogP contribution in [0.4, 0.5) is 21.8 Å². The molecule has 174 valence electrons. The number of allylic oxidation sites excluding steroid dienone is 4. The molecule has 8 nitrogen and oxygen atoms in total. The number of halogens is 2. The average Bonchev–Trinajstić information content (AvgIpc) is 2.80. The van der Waals surface area contributed by atoms with Crippen LogP contribution < -0.4 is 16.0 Å². The van der Waals surface area contributed by atoms with Crippen LogP contribution in [0.3, 0.4) is 0 Å². The van der Waals surface area contributed by atoms with Crippen LogP contribution in [0.2, 0.25) is 5.02 Å². The molecule has 0 unspecified atom stereocenters. The van der Waals surface area contributed by atoms with Gasteiger partial charge in [0.25, 0.3) is 0 Å². The number of benzene rings is 1. The van der Waals surface area contributed by atoms with E-state index in [2.05, 4.69) is 37.0 Å². The Kier molecular flexibility index (Phi) is 7.00. The van der Waals surface area contributed by atoms with Crippen LogP contribution in [0.5, 0.6) is 5.75 Å². The lowest BCUT2D eigenvalue weighted by molar-refractivity contribution is 0.288. The minimum Gasteiger partial charge on any atom is -0.506 e.